The van der Waals surface area contributed by atoms with Crippen LogP contribution in [-0.4, -0.2) is 12.5 Å². The monoisotopic (exact) mass is 320 g/mol. The van der Waals surface area contributed by atoms with Crippen molar-refractivity contribution in [2.75, 3.05) is 17.2 Å². The largest absolute Gasteiger partial charge is 0.399 e. The van der Waals surface area contributed by atoms with E-state index in [1.165, 1.54) is 0 Å². The van der Waals surface area contributed by atoms with Crippen LogP contribution in [0.4, 0.5) is 11.4 Å². The fraction of sp³-hybridized carbons (Fsp3) is 0.188. The summed E-state index contributed by atoms with van der Waals surface area (Å²) in [5.74, 6) is -0.131. The first kappa shape index (κ1) is 14.2. The van der Waals surface area contributed by atoms with Crippen LogP contribution in [0.25, 0.3) is 0 Å². The molecule has 2 aromatic rings. The van der Waals surface area contributed by atoms with Crippen LogP contribution in [0.5, 0.6) is 0 Å². The maximum atomic E-state index is 12.8. The molecular weight excluding hydrogens is 307 g/mol. The molecule has 1 aliphatic rings. The minimum absolute atomic E-state index is 0.131. The molecule has 0 radical (unpaired) electrons. The zero-order valence-corrected chi connectivity index (χ0v) is 12.8. The van der Waals surface area contributed by atoms with Crippen molar-refractivity contribution in [3.63, 3.8) is 0 Å². The first-order valence-electron chi connectivity index (χ1n) is 6.72. The Kier molecular flexibility index (Phi) is 3.79. The van der Waals surface area contributed by atoms with Gasteiger partial charge in [0.05, 0.1) is 15.6 Å². The molecule has 0 saturated heterocycles. The van der Waals surface area contributed by atoms with E-state index in [1.807, 2.05) is 18.2 Å². The van der Waals surface area contributed by atoms with Crippen molar-refractivity contribution in [1.82, 2.24) is 0 Å². The number of fused-ring (bicyclic) bond motifs is 1. The predicted octanol–water partition coefficient (Wildman–Crippen LogP) is 4.17. The molecule has 3 rings (SSSR count). The van der Waals surface area contributed by atoms with Crippen LogP contribution >= 0.6 is 23.2 Å². The van der Waals surface area contributed by atoms with Crippen molar-refractivity contribution in [1.29, 1.82) is 0 Å². The zero-order chi connectivity index (χ0) is 15.0. The molecule has 0 atom stereocenters. The molecule has 0 aliphatic carbocycles. The normalized spacial score (nSPS) is 13.9. The second kappa shape index (κ2) is 5.58. The lowest BCUT2D eigenvalue weighted by molar-refractivity contribution is 0.0985. The summed E-state index contributed by atoms with van der Waals surface area (Å²) in [6.45, 7) is 0.665. The second-order valence-electron chi connectivity index (χ2n) is 5.05. The Morgan fingerprint density at radius 1 is 1.19 bits per heavy atom. The first-order valence-corrected chi connectivity index (χ1v) is 7.48. The summed E-state index contributed by atoms with van der Waals surface area (Å²) >= 11 is 12.2. The number of carbonyl (C=O) groups excluding carboxylic acids is 1. The molecule has 1 aliphatic heterocycles. The lowest BCUT2D eigenvalue weighted by Crippen LogP contribution is -2.35. The Labute approximate surface area is 133 Å². The standard InChI is InChI=1S/C16H14Cl2N2O/c17-13-5-1-4-12(15(13)18)16(21)20-8-2-3-10-9-11(19)6-7-14(10)20/h1,4-7,9H,2-3,8,19H2. The number of hydrogen-bond acceptors (Lipinski definition) is 2. The number of halogens is 2. The van der Waals surface area contributed by atoms with Crippen LogP contribution in [-0.2, 0) is 6.42 Å². The number of nitrogen functional groups attached to an aromatic ring is 1. The van der Waals surface area contributed by atoms with Gasteiger partial charge in [-0.15, -0.1) is 0 Å². The smallest absolute Gasteiger partial charge is 0.259 e. The van der Waals surface area contributed by atoms with Gasteiger partial charge in [0.25, 0.3) is 5.91 Å². The molecule has 108 valence electrons. The molecule has 1 heterocycles. The molecule has 1 amide bonds. The van der Waals surface area contributed by atoms with Gasteiger partial charge in [-0.25, -0.2) is 0 Å². The Hall–Kier alpha value is -1.71. The van der Waals surface area contributed by atoms with E-state index < -0.39 is 0 Å². The van der Waals surface area contributed by atoms with Crippen molar-refractivity contribution >= 4 is 40.5 Å². The van der Waals surface area contributed by atoms with E-state index in [4.69, 9.17) is 28.9 Å². The van der Waals surface area contributed by atoms with Crippen LogP contribution in [0.1, 0.15) is 22.3 Å². The quantitative estimate of drug-likeness (QED) is 0.801. The Morgan fingerprint density at radius 3 is 2.81 bits per heavy atom. The third-order valence-electron chi connectivity index (χ3n) is 3.65. The summed E-state index contributed by atoms with van der Waals surface area (Å²) in [6, 6.07) is 10.7. The number of nitrogens with zero attached hydrogens (tertiary/aromatic N) is 1. The summed E-state index contributed by atoms with van der Waals surface area (Å²) in [5.41, 5.74) is 8.94. The minimum Gasteiger partial charge on any atom is -0.399 e. The fourth-order valence-corrected chi connectivity index (χ4v) is 3.02. The number of rotatable bonds is 1. The Bertz CT molecular complexity index is 715. The van der Waals surface area contributed by atoms with Gasteiger partial charge in [-0.1, -0.05) is 29.3 Å². The Balaban J connectivity index is 2.02. The average Bonchev–Trinajstić information content (AvgIpc) is 2.48. The molecule has 0 aromatic heterocycles. The number of hydrogen-bond donors (Lipinski definition) is 1. The van der Waals surface area contributed by atoms with E-state index in [1.54, 1.807) is 23.1 Å². The SMILES string of the molecule is Nc1ccc2c(c1)CCCN2C(=O)c1cccc(Cl)c1Cl. The highest BCUT2D eigenvalue weighted by Gasteiger charge is 2.25. The highest BCUT2D eigenvalue weighted by Crippen LogP contribution is 2.32. The van der Waals surface area contributed by atoms with E-state index in [9.17, 15) is 4.79 Å². The number of benzene rings is 2. The lowest BCUT2D eigenvalue weighted by Gasteiger charge is -2.30. The number of amides is 1. The fourth-order valence-electron chi connectivity index (χ4n) is 2.64. The van der Waals surface area contributed by atoms with Crippen LogP contribution in [0.3, 0.4) is 0 Å². The molecule has 2 N–H and O–H groups in total. The molecule has 0 unspecified atom stereocenters. The highest BCUT2D eigenvalue weighted by atomic mass is 35.5. The summed E-state index contributed by atoms with van der Waals surface area (Å²) < 4.78 is 0. The third-order valence-corrected chi connectivity index (χ3v) is 4.47. The summed E-state index contributed by atoms with van der Waals surface area (Å²) in [7, 11) is 0. The van der Waals surface area contributed by atoms with E-state index in [2.05, 4.69) is 0 Å². The molecular formula is C16H14Cl2N2O. The molecule has 5 heteroatoms. The van der Waals surface area contributed by atoms with Gasteiger partial charge in [-0.2, -0.15) is 0 Å². The Morgan fingerprint density at radius 2 is 2.00 bits per heavy atom. The van der Waals surface area contributed by atoms with Crippen LogP contribution in [0.15, 0.2) is 36.4 Å². The highest BCUT2D eigenvalue weighted by molar-refractivity contribution is 6.44. The van der Waals surface area contributed by atoms with Gasteiger partial charge in [0.2, 0.25) is 0 Å². The molecule has 0 saturated carbocycles. The number of carbonyl (C=O) groups is 1. The summed E-state index contributed by atoms with van der Waals surface area (Å²) in [5, 5.41) is 0.684. The molecule has 0 fully saturated rings. The lowest BCUT2D eigenvalue weighted by atomic mass is 10.00. The van der Waals surface area contributed by atoms with Gasteiger partial charge < -0.3 is 10.6 Å². The van der Waals surface area contributed by atoms with E-state index in [-0.39, 0.29) is 5.91 Å². The maximum Gasteiger partial charge on any atom is 0.259 e. The number of anilines is 2. The number of aryl methyl sites for hydroxylation is 1. The van der Waals surface area contributed by atoms with Crippen LogP contribution in [0.2, 0.25) is 10.0 Å². The average molecular weight is 321 g/mol. The second-order valence-corrected chi connectivity index (χ2v) is 5.84. The van der Waals surface area contributed by atoms with Gasteiger partial charge in [0, 0.05) is 17.9 Å². The minimum atomic E-state index is -0.131. The van der Waals surface area contributed by atoms with Crippen LogP contribution in [0, 0.1) is 0 Å². The third kappa shape index (κ3) is 2.59. The molecule has 0 spiro atoms. The maximum absolute atomic E-state index is 12.8. The van der Waals surface area contributed by atoms with Gasteiger partial charge in [0.1, 0.15) is 0 Å². The van der Waals surface area contributed by atoms with Crippen molar-refractivity contribution in [3.8, 4) is 0 Å². The van der Waals surface area contributed by atoms with Crippen molar-refractivity contribution in [2.45, 2.75) is 12.8 Å². The number of nitrogens with two attached hydrogens (primary N) is 1. The molecule has 2 aromatic carbocycles. The van der Waals surface area contributed by atoms with Gasteiger partial charge in [-0.05, 0) is 48.7 Å². The predicted molar refractivity (Wildman–Crippen MR) is 87.3 cm³/mol. The van der Waals surface area contributed by atoms with E-state index in [0.29, 0.717) is 27.8 Å². The summed E-state index contributed by atoms with van der Waals surface area (Å²) in [6.07, 6.45) is 1.83. The van der Waals surface area contributed by atoms with E-state index in [0.717, 1.165) is 24.1 Å². The first-order chi connectivity index (χ1) is 10.1. The zero-order valence-electron chi connectivity index (χ0n) is 11.3. The van der Waals surface area contributed by atoms with Gasteiger partial charge in [0.15, 0.2) is 0 Å². The summed E-state index contributed by atoms with van der Waals surface area (Å²) in [4.78, 5) is 14.5. The van der Waals surface area contributed by atoms with Crippen molar-refractivity contribution in [3.05, 3.63) is 57.6 Å². The molecule has 21 heavy (non-hydrogen) atoms. The van der Waals surface area contributed by atoms with Crippen LogP contribution < -0.4 is 10.6 Å². The van der Waals surface area contributed by atoms with E-state index >= 15 is 0 Å². The van der Waals surface area contributed by atoms with Crippen molar-refractivity contribution in [2.24, 2.45) is 0 Å². The molecule has 0 bridgehead atoms. The molecule has 3 nitrogen and oxygen atoms in total. The van der Waals surface area contributed by atoms with Gasteiger partial charge in [-0.3, -0.25) is 4.79 Å². The van der Waals surface area contributed by atoms with Gasteiger partial charge >= 0.3 is 0 Å². The van der Waals surface area contributed by atoms with Crippen molar-refractivity contribution < 1.29 is 4.79 Å². The topological polar surface area (TPSA) is 46.3 Å².